The molecule has 0 heterocycles. The van der Waals surface area contributed by atoms with E-state index < -0.39 is 0 Å². The number of allylic oxidation sites excluding steroid dienone is 2. The van der Waals surface area contributed by atoms with Crippen LogP contribution >= 0.6 is 0 Å². The molecule has 2 heteroatoms. The molecule has 0 aliphatic rings. The fourth-order valence-electron chi connectivity index (χ4n) is 1.16. The SMILES string of the molecule is CCCCC([O-])=C(CC)CC.[Li+]. The molecule has 0 N–H and O–H groups in total. The van der Waals surface area contributed by atoms with Crippen LogP contribution in [0.1, 0.15) is 52.9 Å². The van der Waals surface area contributed by atoms with E-state index in [2.05, 4.69) is 20.8 Å². The molecular weight excluding hydrogens is 143 g/mol. The third-order valence-corrected chi connectivity index (χ3v) is 2.01. The summed E-state index contributed by atoms with van der Waals surface area (Å²) < 4.78 is 0. The molecular formula is C10H19LiO. The summed E-state index contributed by atoms with van der Waals surface area (Å²) in [5.41, 5.74) is 1.11. The first-order chi connectivity index (χ1) is 5.26. The zero-order valence-electron chi connectivity index (χ0n) is 8.94. The van der Waals surface area contributed by atoms with Crippen molar-refractivity contribution in [2.75, 3.05) is 0 Å². The molecule has 1 nitrogen and oxygen atoms in total. The summed E-state index contributed by atoms with van der Waals surface area (Å²) in [5.74, 6) is 0.386. The molecule has 0 aromatic heterocycles. The van der Waals surface area contributed by atoms with Crippen molar-refractivity contribution < 1.29 is 24.0 Å². The van der Waals surface area contributed by atoms with Crippen LogP contribution in [-0.4, -0.2) is 0 Å². The van der Waals surface area contributed by atoms with E-state index in [1.165, 1.54) is 0 Å². The summed E-state index contributed by atoms with van der Waals surface area (Å²) in [4.78, 5) is 0. The molecule has 0 saturated carbocycles. The van der Waals surface area contributed by atoms with E-state index in [1.54, 1.807) is 0 Å². The molecule has 0 aromatic carbocycles. The van der Waals surface area contributed by atoms with E-state index in [9.17, 15) is 5.11 Å². The molecule has 0 amide bonds. The summed E-state index contributed by atoms with van der Waals surface area (Å²) >= 11 is 0. The Balaban J connectivity index is 0. The van der Waals surface area contributed by atoms with Crippen LogP contribution in [0.5, 0.6) is 0 Å². The van der Waals surface area contributed by atoms with Crippen LogP contribution in [0.15, 0.2) is 11.3 Å². The average molecular weight is 162 g/mol. The summed E-state index contributed by atoms with van der Waals surface area (Å²) in [6.07, 6.45) is 4.78. The van der Waals surface area contributed by atoms with Crippen LogP contribution in [0.2, 0.25) is 0 Å². The Morgan fingerprint density at radius 2 is 1.58 bits per heavy atom. The zero-order chi connectivity index (χ0) is 8.69. The molecule has 0 atom stereocenters. The molecule has 0 saturated heterocycles. The summed E-state index contributed by atoms with van der Waals surface area (Å²) in [7, 11) is 0. The fraction of sp³-hybridized carbons (Fsp3) is 0.800. The van der Waals surface area contributed by atoms with E-state index >= 15 is 0 Å². The first-order valence-corrected chi connectivity index (χ1v) is 4.64. The Bertz CT molecular complexity index is 124. The van der Waals surface area contributed by atoms with E-state index in [1.807, 2.05) is 0 Å². The smallest absolute Gasteiger partial charge is 0.875 e. The summed E-state index contributed by atoms with van der Waals surface area (Å²) in [6.45, 7) is 6.23. The minimum atomic E-state index is 0. The quantitative estimate of drug-likeness (QED) is 0.399. The second-order valence-corrected chi connectivity index (χ2v) is 2.84. The van der Waals surface area contributed by atoms with Gasteiger partial charge in [-0.2, -0.15) is 0 Å². The van der Waals surface area contributed by atoms with E-state index in [0.29, 0.717) is 5.76 Å². The maximum Gasteiger partial charge on any atom is 1.00 e. The van der Waals surface area contributed by atoms with Gasteiger partial charge in [-0.1, -0.05) is 39.2 Å². The third kappa shape index (κ3) is 5.75. The molecule has 0 spiro atoms. The molecule has 0 bridgehead atoms. The Morgan fingerprint density at radius 3 is 1.92 bits per heavy atom. The van der Waals surface area contributed by atoms with Crippen LogP contribution < -0.4 is 24.0 Å². The molecule has 0 rings (SSSR count). The van der Waals surface area contributed by atoms with Gasteiger partial charge in [0.2, 0.25) is 0 Å². The van der Waals surface area contributed by atoms with Gasteiger partial charge in [0, 0.05) is 0 Å². The zero-order valence-corrected chi connectivity index (χ0v) is 8.94. The van der Waals surface area contributed by atoms with Crippen LogP contribution in [0.3, 0.4) is 0 Å². The first-order valence-electron chi connectivity index (χ1n) is 4.64. The van der Waals surface area contributed by atoms with Crippen LogP contribution in [0, 0.1) is 0 Å². The Labute approximate surface area is 88.4 Å². The van der Waals surface area contributed by atoms with Gasteiger partial charge in [-0.25, -0.2) is 0 Å². The molecule has 0 aliphatic heterocycles. The number of hydrogen-bond acceptors (Lipinski definition) is 1. The Kier molecular flexibility index (Phi) is 11.3. The van der Waals surface area contributed by atoms with Gasteiger partial charge < -0.3 is 5.11 Å². The van der Waals surface area contributed by atoms with Gasteiger partial charge in [0.05, 0.1) is 0 Å². The van der Waals surface area contributed by atoms with Crippen LogP contribution in [-0.2, 0) is 0 Å². The topological polar surface area (TPSA) is 23.1 Å². The molecule has 66 valence electrons. The second-order valence-electron chi connectivity index (χ2n) is 2.84. The van der Waals surface area contributed by atoms with E-state index in [4.69, 9.17) is 0 Å². The van der Waals surface area contributed by atoms with Crippen molar-refractivity contribution in [1.82, 2.24) is 0 Å². The predicted octanol–water partition coefficient (Wildman–Crippen LogP) is -0.385. The monoisotopic (exact) mass is 162 g/mol. The second kappa shape index (κ2) is 9.23. The van der Waals surface area contributed by atoms with E-state index in [0.717, 1.165) is 37.7 Å². The normalized spacial score (nSPS) is 8.92. The molecule has 0 aromatic rings. The van der Waals surface area contributed by atoms with Crippen molar-refractivity contribution in [2.45, 2.75) is 52.9 Å². The van der Waals surface area contributed by atoms with Crippen LogP contribution in [0.4, 0.5) is 0 Å². The average Bonchev–Trinajstić information content (AvgIpc) is 2.03. The minimum absolute atomic E-state index is 0. The number of rotatable bonds is 5. The van der Waals surface area contributed by atoms with Crippen molar-refractivity contribution in [1.29, 1.82) is 0 Å². The van der Waals surface area contributed by atoms with Gasteiger partial charge in [0.15, 0.2) is 0 Å². The van der Waals surface area contributed by atoms with Gasteiger partial charge in [0.25, 0.3) is 0 Å². The van der Waals surface area contributed by atoms with Gasteiger partial charge in [-0.15, -0.1) is 5.76 Å². The third-order valence-electron chi connectivity index (χ3n) is 2.01. The number of unbranched alkanes of at least 4 members (excludes halogenated alkanes) is 1. The van der Waals surface area contributed by atoms with E-state index in [-0.39, 0.29) is 18.9 Å². The molecule has 12 heavy (non-hydrogen) atoms. The van der Waals surface area contributed by atoms with Crippen molar-refractivity contribution in [3.63, 3.8) is 0 Å². The van der Waals surface area contributed by atoms with Crippen molar-refractivity contribution in [2.24, 2.45) is 0 Å². The van der Waals surface area contributed by atoms with Gasteiger partial charge in [-0.3, -0.25) is 0 Å². The maximum atomic E-state index is 11.3. The van der Waals surface area contributed by atoms with Crippen LogP contribution in [0.25, 0.3) is 0 Å². The fourth-order valence-corrected chi connectivity index (χ4v) is 1.16. The van der Waals surface area contributed by atoms with Crippen molar-refractivity contribution in [3.8, 4) is 0 Å². The Morgan fingerprint density at radius 1 is 1.08 bits per heavy atom. The van der Waals surface area contributed by atoms with Gasteiger partial charge >= 0.3 is 18.9 Å². The Hall–Kier alpha value is 0.137. The minimum Gasteiger partial charge on any atom is -0.875 e. The van der Waals surface area contributed by atoms with Crippen molar-refractivity contribution in [3.05, 3.63) is 11.3 Å². The largest absolute Gasteiger partial charge is 1.00 e. The first kappa shape index (κ1) is 14.7. The molecule has 0 aliphatic carbocycles. The number of hydrogen-bond donors (Lipinski definition) is 0. The molecule has 0 unspecified atom stereocenters. The van der Waals surface area contributed by atoms with Gasteiger partial charge in [-0.05, 0) is 19.3 Å². The summed E-state index contributed by atoms with van der Waals surface area (Å²) in [6, 6.07) is 0. The standard InChI is InChI=1S/C10H20O.Li/c1-4-7-8-10(11)9(5-2)6-3;/h11H,4-8H2,1-3H3;/q;+1/p-1. The van der Waals surface area contributed by atoms with Crippen molar-refractivity contribution >= 4 is 0 Å². The predicted molar refractivity (Wildman–Crippen MR) is 47.1 cm³/mol. The summed E-state index contributed by atoms with van der Waals surface area (Å²) in [5, 5.41) is 11.3. The maximum absolute atomic E-state index is 11.3. The molecule has 0 fully saturated rings. The van der Waals surface area contributed by atoms with Gasteiger partial charge in [0.1, 0.15) is 0 Å². The molecule has 0 radical (unpaired) electrons.